The Morgan fingerprint density at radius 1 is 1.21 bits per heavy atom. The molecule has 11 heteroatoms. The molecule has 1 aliphatic heterocycles. The number of hydrogen-bond acceptors (Lipinski definition) is 6. The number of halogens is 1. The largest absolute Gasteiger partial charge is 0.361 e. The van der Waals surface area contributed by atoms with Gasteiger partial charge in [-0.3, -0.25) is 14.4 Å². The van der Waals surface area contributed by atoms with Crippen molar-refractivity contribution in [3.63, 3.8) is 0 Å². The molecule has 0 saturated carbocycles. The van der Waals surface area contributed by atoms with Gasteiger partial charge in [0.25, 0.3) is 5.91 Å². The minimum absolute atomic E-state index is 0.0166. The second-order valence-corrected chi connectivity index (χ2v) is 9.88. The first kappa shape index (κ1) is 27.0. The Kier molecular flexibility index (Phi) is 8.23. The Hall–Kier alpha value is -4.02. The molecule has 0 spiro atoms. The summed E-state index contributed by atoms with van der Waals surface area (Å²) in [7, 11) is 0. The van der Waals surface area contributed by atoms with E-state index in [1.807, 2.05) is 6.92 Å². The average Bonchev–Trinajstić information content (AvgIpc) is 3.53. The van der Waals surface area contributed by atoms with Crippen molar-refractivity contribution >= 4 is 17.7 Å². The summed E-state index contributed by atoms with van der Waals surface area (Å²) in [4.78, 5) is 48.3. The third-order valence-electron chi connectivity index (χ3n) is 6.76. The van der Waals surface area contributed by atoms with Crippen LogP contribution in [0.5, 0.6) is 0 Å². The van der Waals surface area contributed by atoms with Gasteiger partial charge >= 0.3 is 0 Å². The molecular formula is C27H33FN6O4. The standard InChI is InChI=1S/C27H33FN6O4/c1-15-8-9-19(20(28)11-15)23-14-29-25(31-23)18(4)30-26(36)21(32-27(37)22-12-17(3)38-33-22)13-24(35)34-10-6-5-7-16(34)2/h8-9,11-12,14,16,18,21H,5-7,10,13H2,1-4H3,(H,29,31)(H,30,36)(H,32,37)/t16-,18-,21-/m0/s1. The number of rotatable bonds is 8. The number of hydrogen-bond donors (Lipinski definition) is 3. The molecule has 1 aromatic carbocycles. The SMILES string of the molecule is Cc1ccc(-c2cnc([C@H](C)NC(=O)[C@H](CC(=O)N3CCCC[C@@H]3C)NC(=O)c3cc(C)on3)[nH]2)c(F)c1. The summed E-state index contributed by atoms with van der Waals surface area (Å²) in [5.74, 6) is -0.916. The van der Waals surface area contributed by atoms with Crippen LogP contribution in [0.25, 0.3) is 11.3 Å². The fourth-order valence-corrected chi connectivity index (χ4v) is 4.59. The highest BCUT2D eigenvalue weighted by Crippen LogP contribution is 2.23. The maximum Gasteiger partial charge on any atom is 0.274 e. The maximum absolute atomic E-state index is 14.4. The van der Waals surface area contributed by atoms with E-state index in [2.05, 4.69) is 25.8 Å². The van der Waals surface area contributed by atoms with Crippen LogP contribution in [0, 0.1) is 19.7 Å². The van der Waals surface area contributed by atoms with E-state index in [1.165, 1.54) is 18.3 Å². The first-order valence-electron chi connectivity index (χ1n) is 12.8. The molecule has 3 atom stereocenters. The van der Waals surface area contributed by atoms with Crippen molar-refractivity contribution < 1.29 is 23.3 Å². The summed E-state index contributed by atoms with van der Waals surface area (Å²) in [6.45, 7) is 7.76. The molecule has 1 aliphatic rings. The van der Waals surface area contributed by atoms with Crippen molar-refractivity contribution in [2.75, 3.05) is 6.54 Å². The highest BCUT2D eigenvalue weighted by Gasteiger charge is 2.31. The van der Waals surface area contributed by atoms with Crippen molar-refractivity contribution in [2.24, 2.45) is 0 Å². The number of likely N-dealkylation sites (tertiary alicyclic amines) is 1. The number of aromatic amines is 1. The number of amides is 3. The molecule has 3 aromatic rings. The van der Waals surface area contributed by atoms with Crippen LogP contribution in [0.15, 0.2) is 35.0 Å². The first-order valence-corrected chi connectivity index (χ1v) is 12.8. The smallest absolute Gasteiger partial charge is 0.274 e. The number of H-pyrrole nitrogens is 1. The molecule has 0 unspecified atom stereocenters. The zero-order chi connectivity index (χ0) is 27.4. The molecule has 3 N–H and O–H groups in total. The Balaban J connectivity index is 1.49. The average molecular weight is 525 g/mol. The van der Waals surface area contributed by atoms with E-state index in [0.29, 0.717) is 29.4 Å². The van der Waals surface area contributed by atoms with Gasteiger partial charge in [0.2, 0.25) is 11.8 Å². The third kappa shape index (κ3) is 6.27. The number of nitrogens with one attached hydrogen (secondary N) is 3. The molecule has 1 fully saturated rings. The Morgan fingerprint density at radius 2 is 2.00 bits per heavy atom. The van der Waals surface area contributed by atoms with Gasteiger partial charge in [-0.25, -0.2) is 9.37 Å². The highest BCUT2D eigenvalue weighted by atomic mass is 19.1. The van der Waals surface area contributed by atoms with Gasteiger partial charge in [-0.2, -0.15) is 0 Å². The number of piperidine rings is 1. The summed E-state index contributed by atoms with van der Waals surface area (Å²) >= 11 is 0. The van der Waals surface area contributed by atoms with Crippen LogP contribution in [-0.4, -0.2) is 56.4 Å². The molecule has 0 bridgehead atoms. The second-order valence-electron chi connectivity index (χ2n) is 9.88. The van der Waals surface area contributed by atoms with Crippen LogP contribution >= 0.6 is 0 Å². The lowest BCUT2D eigenvalue weighted by molar-refractivity contribution is -0.137. The van der Waals surface area contributed by atoms with Crippen molar-refractivity contribution in [3.8, 4) is 11.3 Å². The zero-order valence-corrected chi connectivity index (χ0v) is 22.0. The lowest BCUT2D eigenvalue weighted by atomic mass is 10.0. The van der Waals surface area contributed by atoms with Gasteiger partial charge < -0.3 is 25.0 Å². The molecule has 38 heavy (non-hydrogen) atoms. The van der Waals surface area contributed by atoms with Gasteiger partial charge in [0.1, 0.15) is 23.4 Å². The van der Waals surface area contributed by atoms with E-state index in [4.69, 9.17) is 4.52 Å². The van der Waals surface area contributed by atoms with Crippen LogP contribution in [0.4, 0.5) is 4.39 Å². The molecule has 3 amide bonds. The Morgan fingerprint density at radius 3 is 2.68 bits per heavy atom. The number of carbonyl (C=O) groups excluding carboxylic acids is 3. The van der Waals surface area contributed by atoms with Gasteiger partial charge in [0, 0.05) is 24.2 Å². The third-order valence-corrected chi connectivity index (χ3v) is 6.76. The second kappa shape index (κ2) is 11.6. The van der Waals surface area contributed by atoms with Crippen LogP contribution in [-0.2, 0) is 9.59 Å². The molecule has 0 radical (unpaired) electrons. The summed E-state index contributed by atoms with van der Waals surface area (Å²) in [5, 5.41) is 9.14. The van der Waals surface area contributed by atoms with Crippen LogP contribution in [0.1, 0.15) is 73.2 Å². The molecule has 10 nitrogen and oxygen atoms in total. The fraction of sp³-hybridized carbons (Fsp3) is 0.444. The maximum atomic E-state index is 14.4. The number of imidazole rings is 1. The number of carbonyl (C=O) groups is 3. The molecular weight excluding hydrogens is 491 g/mol. The first-order chi connectivity index (χ1) is 18.1. The Labute approximate surface area is 220 Å². The molecule has 202 valence electrons. The van der Waals surface area contributed by atoms with Crippen molar-refractivity contribution in [1.82, 2.24) is 30.7 Å². The van der Waals surface area contributed by atoms with Crippen molar-refractivity contribution in [2.45, 2.75) is 71.5 Å². The van der Waals surface area contributed by atoms with Crippen LogP contribution in [0.3, 0.4) is 0 Å². The number of aryl methyl sites for hydroxylation is 2. The molecule has 0 aliphatic carbocycles. The predicted octanol–water partition coefficient (Wildman–Crippen LogP) is 3.59. The normalized spacial score (nSPS) is 17.1. The number of nitrogens with zero attached hydrogens (tertiary/aromatic N) is 3. The van der Waals surface area contributed by atoms with Gasteiger partial charge in [0.05, 0.1) is 24.4 Å². The van der Waals surface area contributed by atoms with Crippen molar-refractivity contribution in [1.29, 1.82) is 0 Å². The van der Waals surface area contributed by atoms with Gasteiger partial charge in [-0.15, -0.1) is 0 Å². The van der Waals surface area contributed by atoms with Gasteiger partial charge in [0.15, 0.2) is 5.69 Å². The minimum atomic E-state index is -1.15. The predicted molar refractivity (Wildman–Crippen MR) is 137 cm³/mol. The topological polar surface area (TPSA) is 133 Å². The highest BCUT2D eigenvalue weighted by molar-refractivity contribution is 5.97. The van der Waals surface area contributed by atoms with E-state index in [0.717, 1.165) is 24.8 Å². The zero-order valence-electron chi connectivity index (χ0n) is 22.0. The summed E-state index contributed by atoms with van der Waals surface area (Å²) in [6.07, 6.45) is 4.14. The number of aromatic nitrogens is 3. The van der Waals surface area contributed by atoms with E-state index in [9.17, 15) is 18.8 Å². The van der Waals surface area contributed by atoms with E-state index >= 15 is 0 Å². The van der Waals surface area contributed by atoms with E-state index in [-0.39, 0.29) is 29.9 Å². The lowest BCUT2D eigenvalue weighted by Crippen LogP contribution is -2.51. The lowest BCUT2D eigenvalue weighted by Gasteiger charge is -2.34. The molecule has 1 saturated heterocycles. The molecule has 3 heterocycles. The monoisotopic (exact) mass is 524 g/mol. The minimum Gasteiger partial charge on any atom is -0.361 e. The summed E-state index contributed by atoms with van der Waals surface area (Å²) in [5.41, 5.74) is 1.65. The van der Waals surface area contributed by atoms with E-state index < -0.39 is 23.9 Å². The van der Waals surface area contributed by atoms with Crippen LogP contribution in [0.2, 0.25) is 0 Å². The number of benzene rings is 1. The summed E-state index contributed by atoms with van der Waals surface area (Å²) in [6, 6.07) is 4.66. The van der Waals surface area contributed by atoms with Gasteiger partial charge in [-0.1, -0.05) is 11.2 Å². The van der Waals surface area contributed by atoms with E-state index in [1.54, 1.807) is 37.8 Å². The van der Waals surface area contributed by atoms with Gasteiger partial charge in [-0.05, 0) is 64.7 Å². The fourth-order valence-electron chi connectivity index (χ4n) is 4.59. The quantitative estimate of drug-likeness (QED) is 0.413. The Bertz CT molecular complexity index is 1320. The van der Waals surface area contributed by atoms with Crippen LogP contribution < -0.4 is 10.6 Å². The molecule has 2 aromatic heterocycles. The molecule has 4 rings (SSSR count). The summed E-state index contributed by atoms with van der Waals surface area (Å²) < 4.78 is 19.4. The van der Waals surface area contributed by atoms with Crippen molar-refractivity contribution in [3.05, 3.63) is 59.1 Å².